The normalized spacial score (nSPS) is 27.2. The molecule has 0 aliphatic carbocycles. The first-order valence-electron chi connectivity index (χ1n) is 15.2. The van der Waals surface area contributed by atoms with Crippen LogP contribution in [0.25, 0.3) is 0 Å². The number of carbonyl (C=O) groups is 3. The van der Waals surface area contributed by atoms with Gasteiger partial charge in [-0.05, 0) is 69.7 Å². The summed E-state index contributed by atoms with van der Waals surface area (Å²) in [4.78, 5) is 49.3. The molecule has 2 aromatic carbocycles. The van der Waals surface area contributed by atoms with Crippen molar-refractivity contribution in [2.24, 2.45) is 11.8 Å². The van der Waals surface area contributed by atoms with E-state index < -0.39 is 27.4 Å². The standard InChI is InChI=1S/C35H43N3O4S/c1-6-20-36(26-16-9-8-10-17-26)31(40)27-28-32(41)38(22-11-12-23-39)30(35(28)19-18-34(27,5)43-35)33(42)37(21-7-2)29-24(3)14-13-15-25(29)4/h6-10,13-17,27-28,30,39H,1-2,11-12,18-23H2,3-5H3/t27-,28-,30?,34+,35?/m0/s1. The molecular weight excluding hydrogens is 558 g/mol. The van der Waals surface area contributed by atoms with Gasteiger partial charge in [0.1, 0.15) is 6.04 Å². The third kappa shape index (κ3) is 5.12. The Bertz CT molecular complexity index is 1390. The third-order valence-corrected chi connectivity index (χ3v) is 11.5. The number of benzene rings is 2. The average Bonchev–Trinajstić information content (AvgIpc) is 3.56. The van der Waals surface area contributed by atoms with Crippen LogP contribution in [0.15, 0.2) is 73.8 Å². The highest BCUT2D eigenvalue weighted by Gasteiger charge is 2.77. The molecule has 5 rings (SSSR count). The molecule has 3 aliphatic heterocycles. The molecule has 1 spiro atoms. The molecule has 2 bridgehead atoms. The number of aryl methyl sites for hydroxylation is 2. The van der Waals surface area contributed by atoms with E-state index in [1.165, 1.54) is 0 Å². The number of rotatable bonds is 12. The number of nitrogens with zero attached hydrogens (tertiary/aromatic N) is 3. The molecule has 3 fully saturated rings. The fraction of sp³-hybridized carbons (Fsp3) is 0.457. The number of thioether (sulfide) groups is 1. The van der Waals surface area contributed by atoms with Gasteiger partial charge in [0.2, 0.25) is 11.8 Å². The minimum atomic E-state index is -0.727. The average molecular weight is 602 g/mol. The lowest BCUT2D eigenvalue weighted by atomic mass is 9.66. The molecule has 3 amide bonds. The second-order valence-electron chi connectivity index (χ2n) is 12.2. The molecule has 0 aromatic heterocycles. The summed E-state index contributed by atoms with van der Waals surface area (Å²) in [6, 6.07) is 14.8. The summed E-state index contributed by atoms with van der Waals surface area (Å²) in [6.45, 7) is 14.9. The van der Waals surface area contributed by atoms with Crippen LogP contribution in [0.1, 0.15) is 43.7 Å². The van der Waals surface area contributed by atoms with E-state index >= 15 is 0 Å². The van der Waals surface area contributed by atoms with Crippen molar-refractivity contribution < 1.29 is 19.5 Å². The Morgan fingerprint density at radius 3 is 2.26 bits per heavy atom. The van der Waals surface area contributed by atoms with E-state index in [1.54, 1.807) is 38.6 Å². The van der Waals surface area contributed by atoms with Gasteiger partial charge in [-0.1, -0.05) is 48.6 Å². The summed E-state index contributed by atoms with van der Waals surface area (Å²) in [5.74, 6) is -1.55. The van der Waals surface area contributed by atoms with Crippen LogP contribution in [-0.2, 0) is 14.4 Å². The summed E-state index contributed by atoms with van der Waals surface area (Å²) in [6.07, 6.45) is 5.98. The number of hydrogen-bond donors (Lipinski definition) is 1. The zero-order chi connectivity index (χ0) is 30.9. The number of anilines is 2. The second-order valence-corrected chi connectivity index (χ2v) is 14.1. The van der Waals surface area contributed by atoms with Crippen molar-refractivity contribution in [1.82, 2.24) is 4.90 Å². The first kappa shape index (κ1) is 31.1. The van der Waals surface area contributed by atoms with Crippen molar-refractivity contribution in [2.75, 3.05) is 36.0 Å². The van der Waals surface area contributed by atoms with Crippen LogP contribution in [0.4, 0.5) is 11.4 Å². The summed E-state index contributed by atoms with van der Waals surface area (Å²) in [5.41, 5.74) is 3.56. The maximum atomic E-state index is 14.9. The van der Waals surface area contributed by atoms with E-state index in [1.807, 2.05) is 62.4 Å². The number of aliphatic hydroxyl groups excluding tert-OH is 1. The lowest BCUT2D eigenvalue weighted by molar-refractivity contribution is -0.139. The summed E-state index contributed by atoms with van der Waals surface area (Å²) >= 11 is 1.68. The molecule has 2 aromatic rings. The second kappa shape index (κ2) is 12.3. The monoisotopic (exact) mass is 601 g/mol. The van der Waals surface area contributed by atoms with Gasteiger partial charge in [0, 0.05) is 42.4 Å². The zero-order valence-electron chi connectivity index (χ0n) is 25.5. The highest BCUT2D eigenvalue weighted by Crippen LogP contribution is 2.71. The van der Waals surface area contributed by atoms with Crippen LogP contribution in [0.2, 0.25) is 0 Å². The van der Waals surface area contributed by atoms with Gasteiger partial charge in [-0.25, -0.2) is 0 Å². The highest BCUT2D eigenvalue weighted by molar-refractivity contribution is 8.02. The van der Waals surface area contributed by atoms with Gasteiger partial charge in [0.25, 0.3) is 5.91 Å². The maximum absolute atomic E-state index is 14.9. The molecule has 1 N–H and O–H groups in total. The van der Waals surface area contributed by atoms with Gasteiger partial charge in [0.05, 0.1) is 16.6 Å². The minimum Gasteiger partial charge on any atom is -0.396 e. The molecule has 8 heteroatoms. The molecule has 0 saturated carbocycles. The van der Waals surface area contributed by atoms with Gasteiger partial charge in [-0.2, -0.15) is 0 Å². The minimum absolute atomic E-state index is 0.0156. The third-order valence-electron chi connectivity index (χ3n) is 9.52. The molecule has 5 atom stereocenters. The number of fused-ring (bicyclic) bond motifs is 1. The topological polar surface area (TPSA) is 81.2 Å². The maximum Gasteiger partial charge on any atom is 0.251 e. The van der Waals surface area contributed by atoms with Crippen LogP contribution in [0.3, 0.4) is 0 Å². The SMILES string of the molecule is C=CCN(C(=O)[C@@H]1[C@H]2C(=O)N(CCCCO)C(C(=O)N(CC=C)c3c(C)cccc3C)C23CC[C@@]1(C)S3)c1ccccc1. The predicted octanol–water partition coefficient (Wildman–Crippen LogP) is 5.30. The van der Waals surface area contributed by atoms with Crippen molar-refractivity contribution in [1.29, 1.82) is 0 Å². The van der Waals surface area contributed by atoms with Crippen LogP contribution in [0.5, 0.6) is 0 Å². The largest absolute Gasteiger partial charge is 0.396 e. The van der Waals surface area contributed by atoms with Gasteiger partial charge >= 0.3 is 0 Å². The Labute approximate surface area is 259 Å². The number of aliphatic hydroxyl groups is 1. The molecule has 0 radical (unpaired) electrons. The van der Waals surface area contributed by atoms with E-state index in [0.717, 1.165) is 28.9 Å². The van der Waals surface area contributed by atoms with E-state index in [4.69, 9.17) is 0 Å². The molecule has 2 unspecified atom stereocenters. The van der Waals surface area contributed by atoms with Crippen LogP contribution < -0.4 is 9.80 Å². The predicted molar refractivity (Wildman–Crippen MR) is 174 cm³/mol. The lowest BCUT2D eigenvalue weighted by Crippen LogP contribution is -2.55. The van der Waals surface area contributed by atoms with E-state index in [2.05, 4.69) is 20.1 Å². The Morgan fingerprint density at radius 1 is 0.977 bits per heavy atom. The van der Waals surface area contributed by atoms with Crippen molar-refractivity contribution >= 4 is 40.9 Å². The fourth-order valence-corrected chi connectivity index (χ4v) is 10.1. The number of likely N-dealkylation sites (tertiary alicyclic amines) is 1. The van der Waals surface area contributed by atoms with Crippen LogP contribution in [0, 0.1) is 25.7 Å². The molecule has 43 heavy (non-hydrogen) atoms. The number of carbonyl (C=O) groups excluding carboxylic acids is 3. The molecule has 228 valence electrons. The van der Waals surface area contributed by atoms with Crippen molar-refractivity contribution in [3.63, 3.8) is 0 Å². The first-order chi connectivity index (χ1) is 20.6. The molecular formula is C35H43N3O4S. The van der Waals surface area contributed by atoms with E-state index in [0.29, 0.717) is 38.9 Å². The Kier molecular flexibility index (Phi) is 8.91. The fourth-order valence-electron chi connectivity index (χ4n) is 7.74. The van der Waals surface area contributed by atoms with Gasteiger partial charge in [0.15, 0.2) is 0 Å². The Balaban J connectivity index is 1.60. The number of amides is 3. The summed E-state index contributed by atoms with van der Waals surface area (Å²) in [7, 11) is 0. The van der Waals surface area contributed by atoms with Gasteiger partial charge in [-0.15, -0.1) is 24.9 Å². The number of para-hydroxylation sites is 2. The summed E-state index contributed by atoms with van der Waals surface area (Å²) < 4.78 is -1.21. The smallest absolute Gasteiger partial charge is 0.251 e. The van der Waals surface area contributed by atoms with E-state index in [9.17, 15) is 19.5 Å². The van der Waals surface area contributed by atoms with Crippen molar-refractivity contribution in [3.05, 3.63) is 85.0 Å². The first-order valence-corrected chi connectivity index (χ1v) is 16.0. The number of unbranched alkanes of at least 4 members (excludes halogenated alkanes) is 1. The summed E-state index contributed by atoms with van der Waals surface area (Å²) in [5, 5.41) is 9.53. The molecule has 3 heterocycles. The van der Waals surface area contributed by atoms with Gasteiger partial charge < -0.3 is 19.8 Å². The molecule has 3 saturated heterocycles. The van der Waals surface area contributed by atoms with Gasteiger partial charge in [-0.3, -0.25) is 14.4 Å². The van der Waals surface area contributed by atoms with Crippen molar-refractivity contribution in [2.45, 2.75) is 62.0 Å². The quantitative estimate of drug-likeness (QED) is 0.264. The zero-order valence-corrected chi connectivity index (χ0v) is 26.3. The van der Waals surface area contributed by atoms with Crippen LogP contribution >= 0.6 is 11.8 Å². The molecule has 3 aliphatic rings. The highest BCUT2D eigenvalue weighted by atomic mass is 32.2. The van der Waals surface area contributed by atoms with Crippen molar-refractivity contribution in [3.8, 4) is 0 Å². The Morgan fingerprint density at radius 2 is 1.63 bits per heavy atom. The van der Waals surface area contributed by atoms with Crippen LogP contribution in [-0.4, -0.2) is 69.5 Å². The lowest BCUT2D eigenvalue weighted by Gasteiger charge is -2.38. The number of hydrogen-bond acceptors (Lipinski definition) is 5. The molecule has 7 nitrogen and oxygen atoms in total. The van der Waals surface area contributed by atoms with E-state index in [-0.39, 0.29) is 24.3 Å². The Hall–Kier alpha value is -3.36.